The first kappa shape index (κ1) is 17.2. The maximum absolute atomic E-state index is 5.96. The number of piperidine rings is 1. The van der Waals surface area contributed by atoms with Crippen LogP contribution in [0.2, 0.25) is 0 Å². The van der Waals surface area contributed by atoms with Gasteiger partial charge in [-0.1, -0.05) is 0 Å². The summed E-state index contributed by atoms with van der Waals surface area (Å²) in [5.41, 5.74) is 2.19. The smallest absolute Gasteiger partial charge is 0.225 e. The minimum Gasteiger partial charge on any atom is -0.375 e. The molecule has 3 aliphatic heterocycles. The number of ether oxygens (including phenoxy) is 2. The van der Waals surface area contributed by atoms with Crippen LogP contribution in [-0.4, -0.2) is 66.5 Å². The van der Waals surface area contributed by atoms with Gasteiger partial charge in [0.05, 0.1) is 24.5 Å². The lowest BCUT2D eigenvalue weighted by Gasteiger charge is -2.35. The molecule has 0 unspecified atom stereocenters. The molecule has 138 valence electrons. The van der Waals surface area contributed by atoms with Gasteiger partial charge in [-0.2, -0.15) is 0 Å². The molecule has 25 heavy (non-hydrogen) atoms. The molecule has 1 aromatic rings. The number of morpholine rings is 1. The van der Waals surface area contributed by atoms with Gasteiger partial charge in [0.25, 0.3) is 0 Å². The molecule has 0 aliphatic carbocycles. The summed E-state index contributed by atoms with van der Waals surface area (Å²) in [6.07, 6.45) is 6.60. The van der Waals surface area contributed by atoms with Gasteiger partial charge < -0.3 is 14.4 Å². The summed E-state index contributed by atoms with van der Waals surface area (Å²) >= 11 is 0. The van der Waals surface area contributed by atoms with E-state index in [1.54, 1.807) is 0 Å². The Balaban J connectivity index is 1.41. The van der Waals surface area contributed by atoms with E-state index in [1.807, 2.05) is 0 Å². The largest absolute Gasteiger partial charge is 0.375 e. The summed E-state index contributed by atoms with van der Waals surface area (Å²) in [5, 5.41) is 0. The zero-order valence-corrected chi connectivity index (χ0v) is 15.3. The molecule has 2 atom stereocenters. The van der Waals surface area contributed by atoms with Crippen molar-refractivity contribution in [3.8, 4) is 0 Å². The zero-order valence-electron chi connectivity index (χ0n) is 15.3. The van der Waals surface area contributed by atoms with Crippen molar-refractivity contribution in [1.29, 1.82) is 0 Å². The molecule has 1 aromatic heterocycles. The summed E-state index contributed by atoms with van der Waals surface area (Å²) in [6.45, 7) is 8.69. The fourth-order valence-electron chi connectivity index (χ4n) is 4.16. The molecule has 3 aliphatic rings. The third kappa shape index (κ3) is 4.30. The van der Waals surface area contributed by atoms with Gasteiger partial charge in [0.2, 0.25) is 5.95 Å². The highest BCUT2D eigenvalue weighted by molar-refractivity contribution is 5.32. The molecule has 4 rings (SSSR count). The Kier molecular flexibility index (Phi) is 5.48. The highest BCUT2D eigenvalue weighted by Gasteiger charge is 2.31. The standard InChI is InChI=1S/C19H30N4O2/c1-15-12-16(21-19(20-15)23-7-3-2-4-8-23)13-22-9-11-25-18(14-22)17-6-5-10-24-17/h12,17-18H,2-11,13-14H2,1H3/t17-,18+/m1/s1. The van der Waals surface area contributed by atoms with Crippen LogP contribution in [-0.2, 0) is 16.0 Å². The second-order valence-electron chi connectivity index (χ2n) is 7.54. The van der Waals surface area contributed by atoms with Crippen LogP contribution in [0.25, 0.3) is 0 Å². The van der Waals surface area contributed by atoms with Crippen molar-refractivity contribution in [2.24, 2.45) is 0 Å². The molecule has 6 heteroatoms. The molecular formula is C19H30N4O2. The Bertz CT molecular complexity index is 571. The molecule has 0 bridgehead atoms. The van der Waals surface area contributed by atoms with Gasteiger partial charge >= 0.3 is 0 Å². The monoisotopic (exact) mass is 346 g/mol. The predicted molar refractivity (Wildman–Crippen MR) is 96.8 cm³/mol. The second-order valence-corrected chi connectivity index (χ2v) is 7.54. The summed E-state index contributed by atoms with van der Waals surface area (Å²) in [4.78, 5) is 14.4. The maximum Gasteiger partial charge on any atom is 0.225 e. The first-order valence-electron chi connectivity index (χ1n) is 9.83. The molecule has 0 spiro atoms. The average Bonchev–Trinajstić information content (AvgIpc) is 3.17. The number of aromatic nitrogens is 2. The quantitative estimate of drug-likeness (QED) is 0.833. The van der Waals surface area contributed by atoms with Crippen LogP contribution in [0, 0.1) is 6.92 Å². The SMILES string of the molecule is Cc1cc(CN2CCO[C@H]([C@H]3CCCO3)C2)nc(N2CCCCC2)n1. The van der Waals surface area contributed by atoms with Gasteiger partial charge in [0.1, 0.15) is 0 Å². The van der Waals surface area contributed by atoms with E-state index >= 15 is 0 Å². The van der Waals surface area contributed by atoms with Gasteiger partial charge in [-0.15, -0.1) is 0 Å². The van der Waals surface area contributed by atoms with Crippen molar-refractivity contribution < 1.29 is 9.47 Å². The second kappa shape index (κ2) is 7.98. The summed E-state index contributed by atoms with van der Waals surface area (Å²) in [6, 6.07) is 2.13. The van der Waals surface area contributed by atoms with Crippen molar-refractivity contribution in [1.82, 2.24) is 14.9 Å². The Morgan fingerprint density at radius 1 is 1.00 bits per heavy atom. The van der Waals surface area contributed by atoms with E-state index in [4.69, 9.17) is 14.5 Å². The lowest BCUT2D eigenvalue weighted by Crippen LogP contribution is -2.47. The van der Waals surface area contributed by atoms with Crippen molar-refractivity contribution >= 4 is 5.95 Å². The Morgan fingerprint density at radius 3 is 2.64 bits per heavy atom. The normalized spacial score (nSPS) is 28.4. The summed E-state index contributed by atoms with van der Waals surface area (Å²) < 4.78 is 11.8. The van der Waals surface area contributed by atoms with Crippen LogP contribution < -0.4 is 4.90 Å². The first-order chi connectivity index (χ1) is 12.3. The molecular weight excluding hydrogens is 316 g/mol. The minimum absolute atomic E-state index is 0.209. The fraction of sp³-hybridized carbons (Fsp3) is 0.789. The molecule has 6 nitrogen and oxygen atoms in total. The van der Waals surface area contributed by atoms with E-state index in [-0.39, 0.29) is 12.2 Å². The number of aryl methyl sites for hydroxylation is 1. The number of rotatable bonds is 4. The van der Waals surface area contributed by atoms with E-state index in [0.29, 0.717) is 0 Å². The Morgan fingerprint density at radius 2 is 1.84 bits per heavy atom. The van der Waals surface area contributed by atoms with Crippen LogP contribution in [0.5, 0.6) is 0 Å². The maximum atomic E-state index is 5.96. The summed E-state index contributed by atoms with van der Waals surface area (Å²) in [7, 11) is 0. The van der Waals surface area contributed by atoms with Gasteiger partial charge in [-0.25, -0.2) is 9.97 Å². The van der Waals surface area contributed by atoms with Crippen molar-refractivity contribution in [3.63, 3.8) is 0 Å². The van der Waals surface area contributed by atoms with E-state index in [9.17, 15) is 0 Å². The van der Waals surface area contributed by atoms with E-state index in [1.165, 1.54) is 19.3 Å². The predicted octanol–water partition coefficient (Wildman–Crippen LogP) is 2.16. The number of hydrogen-bond acceptors (Lipinski definition) is 6. The van der Waals surface area contributed by atoms with Gasteiger partial charge in [-0.3, -0.25) is 4.90 Å². The van der Waals surface area contributed by atoms with Crippen molar-refractivity contribution in [2.45, 2.75) is 57.8 Å². The molecule has 0 saturated carbocycles. The van der Waals surface area contributed by atoms with Crippen molar-refractivity contribution in [2.75, 3.05) is 44.3 Å². The van der Waals surface area contributed by atoms with Crippen LogP contribution >= 0.6 is 0 Å². The number of nitrogens with zero attached hydrogens (tertiary/aromatic N) is 4. The zero-order chi connectivity index (χ0) is 17.1. The van der Waals surface area contributed by atoms with E-state index < -0.39 is 0 Å². The molecule has 3 fully saturated rings. The molecule has 3 saturated heterocycles. The highest BCUT2D eigenvalue weighted by atomic mass is 16.5. The van der Waals surface area contributed by atoms with Crippen LogP contribution in [0.15, 0.2) is 6.07 Å². The third-order valence-electron chi connectivity index (χ3n) is 5.48. The first-order valence-corrected chi connectivity index (χ1v) is 9.83. The van der Waals surface area contributed by atoms with Gasteiger partial charge in [-0.05, 0) is 45.1 Å². The molecule has 0 radical (unpaired) electrons. The number of anilines is 1. The number of hydrogen-bond donors (Lipinski definition) is 0. The summed E-state index contributed by atoms with van der Waals surface area (Å²) in [5.74, 6) is 0.915. The van der Waals surface area contributed by atoms with Gasteiger partial charge in [0.15, 0.2) is 0 Å². The third-order valence-corrected chi connectivity index (χ3v) is 5.48. The van der Waals surface area contributed by atoms with E-state index in [2.05, 4.69) is 27.8 Å². The Labute approximate surface area is 150 Å². The molecule has 4 heterocycles. The highest BCUT2D eigenvalue weighted by Crippen LogP contribution is 2.22. The lowest BCUT2D eigenvalue weighted by molar-refractivity contribution is -0.0961. The molecule has 0 N–H and O–H groups in total. The van der Waals surface area contributed by atoms with Crippen molar-refractivity contribution in [3.05, 3.63) is 17.5 Å². The van der Waals surface area contributed by atoms with Crippen LogP contribution in [0.4, 0.5) is 5.95 Å². The van der Waals surface area contributed by atoms with Crippen LogP contribution in [0.1, 0.15) is 43.5 Å². The fourth-order valence-corrected chi connectivity index (χ4v) is 4.16. The average molecular weight is 346 g/mol. The minimum atomic E-state index is 0.209. The topological polar surface area (TPSA) is 50.7 Å². The lowest BCUT2D eigenvalue weighted by atomic mass is 10.1. The Hall–Kier alpha value is -1.24. The van der Waals surface area contributed by atoms with Gasteiger partial charge in [0, 0.05) is 45.0 Å². The molecule has 0 aromatic carbocycles. The van der Waals surface area contributed by atoms with E-state index in [0.717, 1.165) is 76.1 Å². The molecule has 0 amide bonds. The van der Waals surface area contributed by atoms with Crippen LogP contribution in [0.3, 0.4) is 0 Å².